The third-order valence-electron chi connectivity index (χ3n) is 3.17. The monoisotopic (exact) mass is 282 g/mol. The molecule has 1 amide bonds. The van der Waals surface area contributed by atoms with Gasteiger partial charge in [-0.15, -0.1) is 0 Å². The number of amides is 1. The number of nitrogens with one attached hydrogen (secondary N) is 1. The van der Waals surface area contributed by atoms with Crippen LogP contribution in [-0.2, 0) is 21.1 Å². The summed E-state index contributed by atoms with van der Waals surface area (Å²) >= 11 is 0. The number of hydrogen-bond acceptors (Lipinski definition) is 4. The molecule has 0 aromatic heterocycles. The zero-order chi connectivity index (χ0) is 14.0. The Morgan fingerprint density at radius 2 is 2.11 bits per heavy atom. The van der Waals surface area contributed by atoms with Crippen molar-refractivity contribution in [3.05, 3.63) is 29.8 Å². The Morgan fingerprint density at radius 3 is 2.79 bits per heavy atom. The van der Waals surface area contributed by atoms with E-state index in [1.54, 1.807) is 13.0 Å². The van der Waals surface area contributed by atoms with Gasteiger partial charge in [0.05, 0.1) is 5.75 Å². The van der Waals surface area contributed by atoms with Crippen LogP contribution >= 0.6 is 0 Å². The minimum absolute atomic E-state index is 0.165. The predicted octanol–water partition coefficient (Wildman–Crippen LogP) is 0.702. The van der Waals surface area contributed by atoms with Crippen molar-refractivity contribution >= 4 is 21.4 Å². The second-order valence-electron chi connectivity index (χ2n) is 4.98. The van der Waals surface area contributed by atoms with Crippen LogP contribution in [0.5, 0.6) is 0 Å². The molecule has 1 heterocycles. The summed E-state index contributed by atoms with van der Waals surface area (Å²) in [6.07, 6.45) is 0.871. The molecule has 1 aromatic rings. The molecule has 0 spiro atoms. The lowest BCUT2D eigenvalue weighted by atomic mass is 10.1. The average molecular weight is 282 g/mol. The number of rotatable bonds is 3. The summed E-state index contributed by atoms with van der Waals surface area (Å²) in [5, 5.41) is 1.68. The number of para-hydroxylation sites is 1. The lowest BCUT2D eigenvalue weighted by Gasteiger charge is -2.15. The van der Waals surface area contributed by atoms with E-state index in [0.29, 0.717) is 18.5 Å². The molecule has 2 rings (SSSR count). The highest BCUT2D eigenvalue weighted by atomic mass is 32.2. The minimum atomic E-state index is -3.51. The number of sulfone groups is 1. The fraction of sp³-hybridized carbons (Fsp3) is 0.462. The Morgan fingerprint density at radius 1 is 1.42 bits per heavy atom. The largest absolute Gasteiger partial charge is 0.327 e. The fourth-order valence-electron chi connectivity index (χ4n) is 2.32. The molecule has 2 atom stereocenters. The second kappa shape index (κ2) is 5.30. The van der Waals surface area contributed by atoms with Crippen molar-refractivity contribution in [2.45, 2.75) is 31.1 Å². The Bertz CT molecular complexity index is 581. The van der Waals surface area contributed by atoms with Crippen molar-refractivity contribution in [2.75, 3.05) is 11.1 Å². The van der Waals surface area contributed by atoms with E-state index in [4.69, 9.17) is 5.73 Å². The predicted molar refractivity (Wildman–Crippen MR) is 74.6 cm³/mol. The highest BCUT2D eigenvalue weighted by molar-refractivity contribution is 7.92. The van der Waals surface area contributed by atoms with Crippen molar-refractivity contribution in [2.24, 2.45) is 5.73 Å². The summed E-state index contributed by atoms with van der Waals surface area (Å²) in [7, 11) is -3.51. The van der Waals surface area contributed by atoms with Crippen LogP contribution in [0.1, 0.15) is 18.9 Å². The van der Waals surface area contributed by atoms with Crippen LogP contribution in [0.25, 0.3) is 0 Å². The van der Waals surface area contributed by atoms with Gasteiger partial charge in [-0.05, 0) is 31.4 Å². The van der Waals surface area contributed by atoms with Gasteiger partial charge in [-0.3, -0.25) is 4.79 Å². The van der Waals surface area contributed by atoms with Crippen molar-refractivity contribution < 1.29 is 13.2 Å². The normalized spacial score (nSPS) is 21.2. The first-order chi connectivity index (χ1) is 8.90. The lowest BCUT2D eigenvalue weighted by Crippen LogP contribution is -2.39. The molecule has 0 saturated heterocycles. The topological polar surface area (TPSA) is 89.3 Å². The number of anilines is 1. The van der Waals surface area contributed by atoms with E-state index in [1.807, 2.05) is 18.2 Å². The first kappa shape index (κ1) is 14.0. The lowest BCUT2D eigenvalue weighted by molar-refractivity contribution is -0.115. The molecule has 0 saturated carbocycles. The Labute approximate surface area is 113 Å². The molecule has 0 radical (unpaired) electrons. The van der Waals surface area contributed by atoms with E-state index in [9.17, 15) is 13.2 Å². The van der Waals surface area contributed by atoms with Crippen LogP contribution in [-0.4, -0.2) is 31.4 Å². The number of carbonyl (C=O) groups is 1. The summed E-state index contributed by atoms with van der Waals surface area (Å²) in [5.41, 5.74) is 7.21. The summed E-state index contributed by atoms with van der Waals surface area (Å²) in [5.74, 6) is -0.618. The van der Waals surface area contributed by atoms with Crippen LogP contribution < -0.4 is 11.1 Å². The zero-order valence-corrected chi connectivity index (χ0v) is 11.6. The number of aryl methyl sites for hydroxylation is 1. The third kappa shape index (κ3) is 3.13. The molecule has 104 valence electrons. The molecule has 3 N–H and O–H groups in total. The van der Waals surface area contributed by atoms with Crippen molar-refractivity contribution in [1.82, 2.24) is 0 Å². The number of nitrogens with two attached hydrogens (primary N) is 1. The van der Waals surface area contributed by atoms with E-state index >= 15 is 0 Å². The van der Waals surface area contributed by atoms with Crippen LogP contribution in [0.3, 0.4) is 0 Å². The van der Waals surface area contributed by atoms with Gasteiger partial charge in [0.2, 0.25) is 5.91 Å². The van der Waals surface area contributed by atoms with Crippen molar-refractivity contribution in [3.8, 4) is 0 Å². The Kier molecular flexibility index (Phi) is 3.91. The number of carbonyl (C=O) groups excluding carboxylic acids is 1. The summed E-state index contributed by atoms with van der Waals surface area (Å²) < 4.78 is 24.3. The van der Waals surface area contributed by atoms with E-state index in [0.717, 1.165) is 5.56 Å². The number of hydrogen-bond donors (Lipinski definition) is 2. The van der Waals surface area contributed by atoms with Crippen molar-refractivity contribution in [1.29, 1.82) is 0 Å². The number of benzene rings is 1. The second-order valence-corrected chi connectivity index (χ2v) is 7.21. The Balaban J connectivity index is 2.26. The molecule has 1 aliphatic rings. The fourth-order valence-corrected chi connectivity index (χ4v) is 4.14. The standard InChI is InChI=1S/C13H18N2O3S/c1-9(14)8-19(17,18)12-7-6-10-4-2-3-5-11(10)15-13(12)16/h2-5,9,12H,6-8,14H2,1H3,(H,15,16). The summed E-state index contributed by atoms with van der Waals surface area (Å²) in [4.78, 5) is 12.1. The minimum Gasteiger partial charge on any atom is -0.327 e. The molecular weight excluding hydrogens is 264 g/mol. The highest BCUT2D eigenvalue weighted by Gasteiger charge is 2.34. The van der Waals surface area contributed by atoms with Crippen LogP contribution in [0.2, 0.25) is 0 Å². The van der Waals surface area contributed by atoms with Gasteiger partial charge in [-0.2, -0.15) is 0 Å². The van der Waals surface area contributed by atoms with E-state index < -0.39 is 27.0 Å². The average Bonchev–Trinajstić information content (AvgIpc) is 2.45. The first-order valence-corrected chi connectivity index (χ1v) is 7.97. The Hall–Kier alpha value is -1.40. The summed E-state index contributed by atoms with van der Waals surface area (Å²) in [6.45, 7) is 1.63. The number of fused-ring (bicyclic) bond motifs is 1. The van der Waals surface area contributed by atoms with Gasteiger partial charge in [-0.25, -0.2) is 8.42 Å². The van der Waals surface area contributed by atoms with Gasteiger partial charge in [0.15, 0.2) is 9.84 Å². The van der Waals surface area contributed by atoms with Gasteiger partial charge in [0.25, 0.3) is 0 Å². The van der Waals surface area contributed by atoms with Crippen LogP contribution in [0.4, 0.5) is 5.69 Å². The summed E-state index contributed by atoms with van der Waals surface area (Å²) in [6, 6.07) is 6.91. The van der Waals surface area contributed by atoms with Gasteiger partial charge in [0, 0.05) is 11.7 Å². The van der Waals surface area contributed by atoms with E-state index in [1.165, 1.54) is 0 Å². The zero-order valence-electron chi connectivity index (χ0n) is 10.8. The maximum atomic E-state index is 12.2. The van der Waals surface area contributed by atoms with Gasteiger partial charge >= 0.3 is 0 Å². The molecule has 5 nitrogen and oxygen atoms in total. The maximum Gasteiger partial charge on any atom is 0.242 e. The van der Waals surface area contributed by atoms with Crippen LogP contribution in [0.15, 0.2) is 24.3 Å². The molecule has 2 unspecified atom stereocenters. The van der Waals surface area contributed by atoms with E-state index in [2.05, 4.69) is 5.32 Å². The molecule has 1 aromatic carbocycles. The molecule has 19 heavy (non-hydrogen) atoms. The van der Waals surface area contributed by atoms with Crippen molar-refractivity contribution in [3.63, 3.8) is 0 Å². The molecule has 0 aliphatic carbocycles. The third-order valence-corrected chi connectivity index (χ3v) is 5.48. The van der Waals surface area contributed by atoms with Gasteiger partial charge in [0.1, 0.15) is 5.25 Å². The highest BCUT2D eigenvalue weighted by Crippen LogP contribution is 2.24. The molecule has 6 heteroatoms. The molecule has 0 fully saturated rings. The van der Waals surface area contributed by atoms with Gasteiger partial charge in [-0.1, -0.05) is 18.2 Å². The van der Waals surface area contributed by atoms with E-state index in [-0.39, 0.29) is 5.75 Å². The quantitative estimate of drug-likeness (QED) is 0.854. The molecular formula is C13H18N2O3S. The maximum absolute atomic E-state index is 12.2. The van der Waals surface area contributed by atoms with Gasteiger partial charge < -0.3 is 11.1 Å². The SMILES string of the molecule is CC(N)CS(=O)(=O)C1CCc2ccccc2NC1=O. The molecule has 0 bridgehead atoms. The smallest absolute Gasteiger partial charge is 0.242 e. The van der Waals surface area contributed by atoms with Crippen LogP contribution in [0, 0.1) is 0 Å². The molecule has 1 aliphatic heterocycles. The first-order valence-electron chi connectivity index (χ1n) is 6.26.